The summed E-state index contributed by atoms with van der Waals surface area (Å²) in [5.74, 6) is 0.759. The van der Waals surface area contributed by atoms with Crippen LogP contribution in [0.2, 0.25) is 0 Å². The molecule has 0 N–H and O–H groups in total. The van der Waals surface area contributed by atoms with Crippen molar-refractivity contribution >= 4 is 21.7 Å². The largest absolute Gasteiger partial charge is 0.427 e. The summed E-state index contributed by atoms with van der Waals surface area (Å²) in [5, 5.41) is 1.64. The third kappa shape index (κ3) is 5.21. The molecule has 0 amide bonds. The van der Waals surface area contributed by atoms with Gasteiger partial charge in [0, 0.05) is 17.2 Å². The van der Waals surface area contributed by atoms with Crippen molar-refractivity contribution in [3.63, 3.8) is 0 Å². The minimum absolute atomic E-state index is 0.0620. The van der Waals surface area contributed by atoms with Crippen molar-refractivity contribution in [2.24, 2.45) is 0 Å². The van der Waals surface area contributed by atoms with Gasteiger partial charge in [-0.3, -0.25) is 0 Å². The Balaban J connectivity index is 2.04. The van der Waals surface area contributed by atoms with E-state index in [1.54, 1.807) is 6.07 Å². The molecule has 0 aliphatic carbocycles. The zero-order valence-electron chi connectivity index (χ0n) is 18.4. The second-order valence-electron chi connectivity index (χ2n) is 8.26. The zero-order chi connectivity index (χ0) is 21.3. The van der Waals surface area contributed by atoms with Gasteiger partial charge in [0.1, 0.15) is 11.3 Å². The van der Waals surface area contributed by atoms with Gasteiger partial charge >= 0.3 is 11.3 Å². The second-order valence-corrected chi connectivity index (χ2v) is 8.26. The molecule has 0 aliphatic heterocycles. The van der Waals surface area contributed by atoms with Crippen LogP contribution < -0.4 is 11.3 Å². The maximum absolute atomic E-state index is 12.7. The number of hydrogen-bond acceptors (Lipinski definition) is 4. The van der Waals surface area contributed by atoms with E-state index in [-0.39, 0.29) is 5.39 Å². The third-order valence-corrected chi connectivity index (χ3v) is 5.91. The minimum Gasteiger partial charge on any atom is -0.427 e. The smallest absolute Gasteiger partial charge is 0.351 e. The lowest BCUT2D eigenvalue weighted by Gasteiger charge is -2.13. The number of rotatable bonds is 12. The lowest BCUT2D eigenvalue weighted by molar-refractivity contribution is 0.444. The van der Waals surface area contributed by atoms with E-state index < -0.39 is 11.3 Å². The average molecular weight is 411 g/mol. The van der Waals surface area contributed by atoms with Crippen LogP contribution in [0.25, 0.3) is 21.7 Å². The van der Waals surface area contributed by atoms with Crippen molar-refractivity contribution in [3.8, 4) is 0 Å². The van der Waals surface area contributed by atoms with E-state index in [9.17, 15) is 9.59 Å². The van der Waals surface area contributed by atoms with Gasteiger partial charge in [0.2, 0.25) is 0 Å². The van der Waals surface area contributed by atoms with E-state index in [4.69, 9.17) is 8.83 Å². The molecular formula is C26H34O4. The average Bonchev–Trinajstić information content (AvgIpc) is 2.74. The fourth-order valence-electron chi connectivity index (χ4n) is 4.27. The molecule has 0 atom stereocenters. The highest BCUT2D eigenvalue weighted by Crippen LogP contribution is 2.29. The highest BCUT2D eigenvalue weighted by Gasteiger charge is 2.20. The van der Waals surface area contributed by atoms with Crippen LogP contribution in [-0.2, 0) is 12.8 Å². The van der Waals surface area contributed by atoms with Gasteiger partial charge in [0.15, 0.2) is 5.39 Å². The Hall–Kier alpha value is -2.36. The predicted octanol–water partition coefficient (Wildman–Crippen LogP) is 6.93. The van der Waals surface area contributed by atoms with Gasteiger partial charge in [0.25, 0.3) is 0 Å². The van der Waals surface area contributed by atoms with E-state index >= 15 is 0 Å². The lowest BCUT2D eigenvalue weighted by atomic mass is 9.95. The number of hydrogen-bond donors (Lipinski definition) is 0. The van der Waals surface area contributed by atoms with Crippen molar-refractivity contribution in [2.45, 2.75) is 90.9 Å². The Morgan fingerprint density at radius 2 is 1.27 bits per heavy atom. The Labute approximate surface area is 178 Å². The number of fused-ring (bicyclic) bond motifs is 3. The SMILES string of the molecule is CCCCCCCc1oc(=O)c2c(=O)oc3ccccc3c2c1CCCCCCC. The fraction of sp³-hybridized carbons (Fsp3) is 0.538. The topological polar surface area (TPSA) is 60.4 Å². The minimum atomic E-state index is -0.598. The summed E-state index contributed by atoms with van der Waals surface area (Å²) in [6.45, 7) is 4.41. The summed E-state index contributed by atoms with van der Waals surface area (Å²) in [7, 11) is 0. The molecule has 4 nitrogen and oxygen atoms in total. The Bertz CT molecular complexity index is 1070. The van der Waals surface area contributed by atoms with Crippen LogP contribution in [0.15, 0.2) is 42.7 Å². The second kappa shape index (κ2) is 11.1. The number of aryl methyl sites for hydroxylation is 2. The molecule has 3 rings (SSSR count). The molecule has 2 heterocycles. The van der Waals surface area contributed by atoms with Crippen LogP contribution in [0.1, 0.15) is 89.4 Å². The van der Waals surface area contributed by atoms with Crippen molar-refractivity contribution < 1.29 is 8.83 Å². The first-order chi connectivity index (χ1) is 14.7. The Morgan fingerprint density at radius 1 is 0.667 bits per heavy atom. The standard InChI is InChI=1S/C26H34O4/c1-3-5-7-9-11-15-19-21(17-12-10-8-6-4-2)29-25(27)24-23(19)20-16-13-14-18-22(20)30-26(24)28/h13-14,16,18H,3-12,15,17H2,1-2H3. The summed E-state index contributed by atoms with van der Waals surface area (Å²) in [6.07, 6.45) is 13.2. The van der Waals surface area contributed by atoms with Gasteiger partial charge in [-0.05, 0) is 30.9 Å². The van der Waals surface area contributed by atoms with Crippen LogP contribution >= 0.6 is 0 Å². The van der Waals surface area contributed by atoms with Crippen LogP contribution in [-0.4, -0.2) is 0 Å². The van der Waals surface area contributed by atoms with Crippen molar-refractivity contribution in [1.29, 1.82) is 0 Å². The molecule has 0 spiro atoms. The molecule has 162 valence electrons. The van der Waals surface area contributed by atoms with Crippen molar-refractivity contribution in [2.75, 3.05) is 0 Å². The molecule has 3 aromatic rings. The number of unbranched alkanes of at least 4 members (excludes halogenated alkanes) is 8. The highest BCUT2D eigenvalue weighted by molar-refractivity contribution is 6.05. The molecule has 0 unspecified atom stereocenters. The monoisotopic (exact) mass is 410 g/mol. The van der Waals surface area contributed by atoms with Gasteiger partial charge in [-0.25, -0.2) is 9.59 Å². The van der Waals surface area contributed by atoms with Crippen molar-refractivity contribution in [3.05, 3.63) is 56.4 Å². The van der Waals surface area contributed by atoms with Crippen LogP contribution in [0, 0.1) is 0 Å². The van der Waals surface area contributed by atoms with E-state index in [1.165, 1.54) is 38.5 Å². The molecule has 0 saturated carbocycles. The Morgan fingerprint density at radius 3 is 1.97 bits per heavy atom. The molecule has 0 fully saturated rings. The molecule has 0 bridgehead atoms. The first kappa shape index (κ1) is 22.3. The Kier molecular flexibility index (Phi) is 8.30. The molecule has 0 saturated heterocycles. The van der Waals surface area contributed by atoms with E-state index in [0.29, 0.717) is 5.58 Å². The van der Waals surface area contributed by atoms with Crippen molar-refractivity contribution in [1.82, 2.24) is 0 Å². The molecular weight excluding hydrogens is 376 g/mol. The van der Waals surface area contributed by atoms with Crippen LogP contribution in [0.5, 0.6) is 0 Å². The predicted molar refractivity (Wildman–Crippen MR) is 123 cm³/mol. The molecule has 30 heavy (non-hydrogen) atoms. The summed E-state index contributed by atoms with van der Waals surface area (Å²) in [5.41, 5.74) is 0.393. The summed E-state index contributed by atoms with van der Waals surface area (Å²) in [4.78, 5) is 25.3. The van der Waals surface area contributed by atoms with Crippen LogP contribution in [0.3, 0.4) is 0 Å². The first-order valence-electron chi connectivity index (χ1n) is 11.7. The van der Waals surface area contributed by atoms with E-state index in [1.807, 2.05) is 18.2 Å². The van der Waals surface area contributed by atoms with Gasteiger partial charge in [-0.2, -0.15) is 0 Å². The molecule has 1 aromatic carbocycles. The number of para-hydroxylation sites is 1. The third-order valence-electron chi connectivity index (χ3n) is 5.91. The lowest BCUT2D eigenvalue weighted by Crippen LogP contribution is -2.16. The maximum atomic E-state index is 12.7. The fourth-order valence-corrected chi connectivity index (χ4v) is 4.27. The molecule has 0 radical (unpaired) electrons. The molecule has 4 heteroatoms. The summed E-state index contributed by atoms with van der Waals surface area (Å²) in [6, 6.07) is 7.50. The quantitative estimate of drug-likeness (QED) is 0.185. The molecule has 2 aromatic heterocycles. The summed E-state index contributed by atoms with van der Waals surface area (Å²) < 4.78 is 11.1. The molecule has 0 aliphatic rings. The summed E-state index contributed by atoms with van der Waals surface area (Å²) >= 11 is 0. The van der Waals surface area contributed by atoms with E-state index in [0.717, 1.165) is 60.6 Å². The van der Waals surface area contributed by atoms with Gasteiger partial charge < -0.3 is 8.83 Å². The van der Waals surface area contributed by atoms with Gasteiger partial charge in [-0.1, -0.05) is 83.4 Å². The highest BCUT2D eigenvalue weighted by atomic mass is 16.4. The number of benzene rings is 1. The normalized spacial score (nSPS) is 11.5. The maximum Gasteiger partial charge on any atom is 0.351 e. The van der Waals surface area contributed by atoms with Gasteiger partial charge in [0.05, 0.1) is 0 Å². The van der Waals surface area contributed by atoms with Crippen LogP contribution in [0.4, 0.5) is 0 Å². The zero-order valence-corrected chi connectivity index (χ0v) is 18.4. The van der Waals surface area contributed by atoms with E-state index in [2.05, 4.69) is 13.8 Å². The first-order valence-corrected chi connectivity index (χ1v) is 11.7. The van der Waals surface area contributed by atoms with Gasteiger partial charge in [-0.15, -0.1) is 0 Å².